The van der Waals surface area contributed by atoms with E-state index in [0.717, 1.165) is 17.0 Å². The molecule has 0 N–H and O–H groups in total. The second-order valence-electron chi connectivity index (χ2n) is 5.39. The fourth-order valence-electron chi connectivity index (χ4n) is 2.58. The summed E-state index contributed by atoms with van der Waals surface area (Å²) in [5.74, 6) is 0.701. The number of rotatable bonds is 5. The Morgan fingerprint density at radius 3 is 3.00 bits per heavy atom. The first-order chi connectivity index (χ1) is 11.2. The van der Waals surface area contributed by atoms with Crippen LogP contribution in [0.15, 0.2) is 47.6 Å². The molecule has 23 heavy (non-hydrogen) atoms. The quantitative estimate of drug-likeness (QED) is 0.802. The molecule has 3 rings (SSSR count). The van der Waals surface area contributed by atoms with Gasteiger partial charge in [0.25, 0.3) is 5.91 Å². The molecule has 0 saturated carbocycles. The van der Waals surface area contributed by atoms with Crippen LogP contribution in [0.1, 0.15) is 29.3 Å². The van der Waals surface area contributed by atoms with Gasteiger partial charge in [-0.2, -0.15) is 0 Å². The summed E-state index contributed by atoms with van der Waals surface area (Å²) < 4.78 is 18.2. The van der Waals surface area contributed by atoms with Crippen LogP contribution in [0.5, 0.6) is 5.75 Å². The first kappa shape index (κ1) is 15.7. The van der Waals surface area contributed by atoms with E-state index in [9.17, 15) is 9.18 Å². The first-order valence-electron chi connectivity index (χ1n) is 7.62. The molecule has 0 unspecified atom stereocenters. The fraction of sp³-hybridized carbons (Fsp3) is 0.278. The molecule has 0 aliphatic carbocycles. The lowest BCUT2D eigenvalue weighted by Crippen LogP contribution is -2.37. The Morgan fingerprint density at radius 1 is 1.43 bits per heavy atom. The SMILES string of the molecule is CC/C(=C/F)COc1ccc2c(c1)CCN(c1cccs1)C2=O. The van der Waals surface area contributed by atoms with Crippen LogP contribution in [0.2, 0.25) is 0 Å². The number of hydrogen-bond donors (Lipinski definition) is 0. The number of carbonyl (C=O) groups is 1. The Morgan fingerprint density at radius 2 is 2.30 bits per heavy atom. The number of halogens is 1. The molecule has 2 aromatic rings. The van der Waals surface area contributed by atoms with E-state index in [4.69, 9.17) is 4.74 Å². The molecular weight excluding hydrogens is 313 g/mol. The molecule has 120 valence electrons. The Labute approximate surface area is 139 Å². The second-order valence-corrected chi connectivity index (χ2v) is 6.31. The molecule has 0 radical (unpaired) electrons. The number of benzene rings is 1. The van der Waals surface area contributed by atoms with Gasteiger partial charge < -0.3 is 4.74 Å². The van der Waals surface area contributed by atoms with Crippen molar-refractivity contribution in [2.24, 2.45) is 0 Å². The molecule has 0 bridgehead atoms. The lowest BCUT2D eigenvalue weighted by atomic mass is 9.99. The summed E-state index contributed by atoms with van der Waals surface area (Å²) in [5.41, 5.74) is 2.32. The van der Waals surface area contributed by atoms with Gasteiger partial charge >= 0.3 is 0 Å². The Balaban J connectivity index is 1.76. The summed E-state index contributed by atoms with van der Waals surface area (Å²) in [5, 5.41) is 2.94. The maximum atomic E-state index is 12.6. The molecular formula is C18H18FNO2S. The third kappa shape index (κ3) is 3.29. The molecule has 0 spiro atoms. The minimum absolute atomic E-state index is 0.0261. The van der Waals surface area contributed by atoms with Crippen molar-refractivity contribution in [1.82, 2.24) is 0 Å². The number of hydrogen-bond acceptors (Lipinski definition) is 3. The van der Waals surface area contributed by atoms with E-state index in [1.165, 1.54) is 0 Å². The van der Waals surface area contributed by atoms with E-state index in [1.807, 2.05) is 35.4 Å². The average Bonchev–Trinajstić information content (AvgIpc) is 3.10. The van der Waals surface area contributed by atoms with Gasteiger partial charge in [-0.25, -0.2) is 4.39 Å². The summed E-state index contributed by atoms with van der Waals surface area (Å²) in [7, 11) is 0. The van der Waals surface area contributed by atoms with E-state index in [1.54, 1.807) is 23.5 Å². The zero-order chi connectivity index (χ0) is 16.2. The average molecular weight is 331 g/mol. The van der Waals surface area contributed by atoms with Gasteiger partial charge in [0, 0.05) is 12.1 Å². The number of ether oxygens (including phenoxy) is 1. The highest BCUT2D eigenvalue weighted by atomic mass is 32.1. The maximum Gasteiger partial charge on any atom is 0.259 e. The Hall–Kier alpha value is -2.14. The molecule has 3 nitrogen and oxygen atoms in total. The number of carbonyl (C=O) groups excluding carboxylic acids is 1. The molecule has 2 heterocycles. The highest BCUT2D eigenvalue weighted by Gasteiger charge is 2.26. The summed E-state index contributed by atoms with van der Waals surface area (Å²) in [6.07, 6.45) is 2.01. The second kappa shape index (κ2) is 6.96. The number of amides is 1. The largest absolute Gasteiger partial charge is 0.489 e. The third-order valence-electron chi connectivity index (χ3n) is 3.96. The molecule has 0 saturated heterocycles. The van der Waals surface area contributed by atoms with Crippen LogP contribution in [0.25, 0.3) is 0 Å². The Kier molecular flexibility index (Phi) is 4.76. The van der Waals surface area contributed by atoms with Gasteiger partial charge in [-0.05, 0) is 59.7 Å². The van der Waals surface area contributed by atoms with Crippen molar-refractivity contribution < 1.29 is 13.9 Å². The van der Waals surface area contributed by atoms with E-state index >= 15 is 0 Å². The van der Waals surface area contributed by atoms with Crippen LogP contribution in [0, 0.1) is 0 Å². The zero-order valence-electron chi connectivity index (χ0n) is 12.9. The van der Waals surface area contributed by atoms with Crippen molar-refractivity contribution in [2.45, 2.75) is 19.8 Å². The lowest BCUT2D eigenvalue weighted by Gasteiger charge is -2.27. The highest BCUT2D eigenvalue weighted by Crippen LogP contribution is 2.30. The summed E-state index contributed by atoms with van der Waals surface area (Å²) in [4.78, 5) is 14.4. The molecule has 0 atom stereocenters. The lowest BCUT2D eigenvalue weighted by molar-refractivity contribution is 0.0981. The number of thiophene rings is 1. The minimum Gasteiger partial charge on any atom is -0.489 e. The zero-order valence-corrected chi connectivity index (χ0v) is 13.7. The van der Waals surface area contributed by atoms with E-state index in [0.29, 0.717) is 36.2 Å². The van der Waals surface area contributed by atoms with Crippen molar-refractivity contribution in [3.63, 3.8) is 0 Å². The van der Waals surface area contributed by atoms with Crippen molar-refractivity contribution in [3.05, 3.63) is 58.7 Å². The van der Waals surface area contributed by atoms with Crippen molar-refractivity contribution in [2.75, 3.05) is 18.1 Å². The van der Waals surface area contributed by atoms with E-state index < -0.39 is 0 Å². The van der Waals surface area contributed by atoms with Crippen LogP contribution >= 0.6 is 11.3 Å². The van der Waals surface area contributed by atoms with Gasteiger partial charge in [0.1, 0.15) is 12.4 Å². The van der Waals surface area contributed by atoms with Crippen LogP contribution < -0.4 is 9.64 Å². The first-order valence-corrected chi connectivity index (χ1v) is 8.50. The van der Waals surface area contributed by atoms with Gasteiger partial charge in [0.05, 0.1) is 11.3 Å². The summed E-state index contributed by atoms with van der Waals surface area (Å²) in [6, 6.07) is 9.38. The molecule has 1 aromatic heterocycles. The maximum absolute atomic E-state index is 12.6. The topological polar surface area (TPSA) is 29.5 Å². The summed E-state index contributed by atoms with van der Waals surface area (Å²) >= 11 is 1.57. The van der Waals surface area contributed by atoms with E-state index in [2.05, 4.69) is 0 Å². The standard InChI is InChI=1S/C18H18FNO2S/c1-2-13(11-19)12-22-15-5-6-16-14(10-15)7-8-20(18(16)21)17-4-3-9-23-17/h3-6,9-11H,2,7-8,12H2,1H3/b13-11-. The molecule has 1 aromatic carbocycles. The number of anilines is 1. The van der Waals surface area contributed by atoms with Crippen LogP contribution in [0.4, 0.5) is 9.39 Å². The minimum atomic E-state index is 0.0261. The Bertz CT molecular complexity index is 725. The number of nitrogens with zero attached hydrogens (tertiary/aromatic N) is 1. The molecule has 1 amide bonds. The predicted octanol–water partition coefficient (Wildman–Crippen LogP) is 4.59. The van der Waals surface area contributed by atoms with Crippen molar-refractivity contribution in [3.8, 4) is 5.75 Å². The van der Waals surface area contributed by atoms with Gasteiger partial charge in [0.15, 0.2) is 0 Å². The van der Waals surface area contributed by atoms with E-state index in [-0.39, 0.29) is 12.5 Å². The fourth-order valence-corrected chi connectivity index (χ4v) is 3.33. The van der Waals surface area contributed by atoms with Crippen molar-refractivity contribution in [1.29, 1.82) is 0 Å². The third-order valence-corrected chi connectivity index (χ3v) is 4.85. The van der Waals surface area contributed by atoms with Crippen LogP contribution in [0.3, 0.4) is 0 Å². The highest BCUT2D eigenvalue weighted by molar-refractivity contribution is 7.14. The predicted molar refractivity (Wildman–Crippen MR) is 91.1 cm³/mol. The normalized spacial score (nSPS) is 14.8. The van der Waals surface area contributed by atoms with Crippen LogP contribution in [-0.4, -0.2) is 19.1 Å². The molecule has 1 aliphatic heterocycles. The van der Waals surface area contributed by atoms with Gasteiger partial charge in [-0.1, -0.05) is 6.92 Å². The van der Waals surface area contributed by atoms with Gasteiger partial charge in [0.2, 0.25) is 0 Å². The molecule has 1 aliphatic rings. The molecule has 5 heteroatoms. The van der Waals surface area contributed by atoms with Crippen molar-refractivity contribution >= 4 is 22.2 Å². The van der Waals surface area contributed by atoms with Gasteiger partial charge in [-0.15, -0.1) is 11.3 Å². The summed E-state index contributed by atoms with van der Waals surface area (Å²) in [6.45, 7) is 2.79. The smallest absolute Gasteiger partial charge is 0.259 e. The molecule has 0 fully saturated rings. The van der Waals surface area contributed by atoms with Gasteiger partial charge in [-0.3, -0.25) is 9.69 Å². The monoisotopic (exact) mass is 331 g/mol. The number of fused-ring (bicyclic) bond motifs is 1. The van der Waals surface area contributed by atoms with Crippen LogP contribution in [-0.2, 0) is 6.42 Å².